The minimum absolute atomic E-state index is 0.0297. The summed E-state index contributed by atoms with van der Waals surface area (Å²) in [7, 11) is 1.66. The number of anilines is 1. The molecule has 1 aliphatic heterocycles. The molecule has 1 heterocycles. The molecule has 22 heavy (non-hydrogen) atoms. The number of carbonyl (C=O) groups is 2. The monoisotopic (exact) mass is 301 g/mol. The number of amides is 2. The molecule has 2 aliphatic rings. The molecule has 0 radical (unpaired) electrons. The second-order valence-electron chi connectivity index (χ2n) is 6.47. The topological polar surface area (TPSA) is 66.6 Å². The van der Waals surface area contributed by atoms with Gasteiger partial charge in [0.1, 0.15) is 6.54 Å². The van der Waals surface area contributed by atoms with E-state index >= 15 is 0 Å². The molecule has 5 heteroatoms. The molecule has 1 aromatic rings. The zero-order valence-electron chi connectivity index (χ0n) is 13.0. The van der Waals surface area contributed by atoms with Crippen molar-refractivity contribution in [3.8, 4) is 0 Å². The van der Waals surface area contributed by atoms with Crippen LogP contribution in [0.4, 0.5) is 5.69 Å². The standard InChI is InChI=1S/C17H23N3O2/c1-19-10-16(22)20(11-15(19)21)14-6-4-13(5-7-14)17(12-18)8-2-3-9-17/h4-7H,2-3,8-12,18H2,1H3. The van der Waals surface area contributed by atoms with Gasteiger partial charge < -0.3 is 15.5 Å². The van der Waals surface area contributed by atoms with Crippen molar-refractivity contribution in [2.24, 2.45) is 5.73 Å². The molecule has 0 unspecified atom stereocenters. The van der Waals surface area contributed by atoms with Crippen LogP contribution in [0, 0.1) is 0 Å². The third-order valence-corrected chi connectivity index (χ3v) is 5.14. The van der Waals surface area contributed by atoms with Crippen molar-refractivity contribution in [1.29, 1.82) is 0 Å². The van der Waals surface area contributed by atoms with Gasteiger partial charge in [0.25, 0.3) is 0 Å². The smallest absolute Gasteiger partial charge is 0.247 e. The van der Waals surface area contributed by atoms with E-state index in [1.165, 1.54) is 23.3 Å². The Bertz CT molecular complexity index is 576. The van der Waals surface area contributed by atoms with Crippen LogP contribution in [-0.2, 0) is 15.0 Å². The summed E-state index contributed by atoms with van der Waals surface area (Å²) in [5.74, 6) is -0.0675. The fraction of sp³-hybridized carbons (Fsp3) is 0.529. The molecule has 0 spiro atoms. The Morgan fingerprint density at radius 1 is 1.05 bits per heavy atom. The Kier molecular flexibility index (Phi) is 3.91. The van der Waals surface area contributed by atoms with Crippen molar-refractivity contribution in [2.75, 3.05) is 31.6 Å². The van der Waals surface area contributed by atoms with Crippen LogP contribution in [0.2, 0.25) is 0 Å². The number of nitrogens with two attached hydrogens (primary N) is 1. The number of hydrogen-bond acceptors (Lipinski definition) is 3. The molecule has 3 rings (SSSR count). The zero-order chi connectivity index (χ0) is 15.7. The van der Waals surface area contributed by atoms with E-state index in [0.29, 0.717) is 6.54 Å². The summed E-state index contributed by atoms with van der Waals surface area (Å²) in [6.07, 6.45) is 4.72. The summed E-state index contributed by atoms with van der Waals surface area (Å²) >= 11 is 0. The Labute approximate surface area is 131 Å². The number of benzene rings is 1. The Morgan fingerprint density at radius 3 is 2.27 bits per heavy atom. The molecule has 1 aliphatic carbocycles. The van der Waals surface area contributed by atoms with Crippen LogP contribution < -0.4 is 10.6 Å². The Morgan fingerprint density at radius 2 is 1.68 bits per heavy atom. The fourth-order valence-electron chi connectivity index (χ4n) is 3.61. The van der Waals surface area contributed by atoms with Crippen LogP contribution in [0.3, 0.4) is 0 Å². The lowest BCUT2D eigenvalue weighted by Gasteiger charge is -2.32. The van der Waals surface area contributed by atoms with Gasteiger partial charge >= 0.3 is 0 Å². The quantitative estimate of drug-likeness (QED) is 0.914. The number of carbonyl (C=O) groups excluding carboxylic acids is 2. The van der Waals surface area contributed by atoms with Crippen LogP contribution in [-0.4, -0.2) is 43.4 Å². The van der Waals surface area contributed by atoms with E-state index in [1.807, 2.05) is 12.1 Å². The van der Waals surface area contributed by atoms with Crippen LogP contribution >= 0.6 is 0 Å². The Balaban J connectivity index is 1.82. The van der Waals surface area contributed by atoms with Crippen LogP contribution in [0.1, 0.15) is 31.2 Å². The third kappa shape index (κ3) is 2.50. The van der Waals surface area contributed by atoms with Gasteiger partial charge in [-0.3, -0.25) is 9.59 Å². The normalized spacial score (nSPS) is 21.5. The van der Waals surface area contributed by atoms with Crippen molar-refractivity contribution in [1.82, 2.24) is 4.90 Å². The van der Waals surface area contributed by atoms with E-state index < -0.39 is 0 Å². The van der Waals surface area contributed by atoms with Crippen LogP contribution in [0.15, 0.2) is 24.3 Å². The predicted molar refractivity (Wildman–Crippen MR) is 85.6 cm³/mol. The molecule has 0 bridgehead atoms. The molecule has 1 saturated heterocycles. The van der Waals surface area contributed by atoms with Gasteiger partial charge in [-0.1, -0.05) is 25.0 Å². The van der Waals surface area contributed by atoms with Gasteiger partial charge in [0, 0.05) is 24.7 Å². The second-order valence-corrected chi connectivity index (χ2v) is 6.47. The van der Waals surface area contributed by atoms with Crippen molar-refractivity contribution in [3.63, 3.8) is 0 Å². The first-order valence-corrected chi connectivity index (χ1v) is 7.91. The second kappa shape index (κ2) is 5.72. The molecule has 5 nitrogen and oxygen atoms in total. The first-order valence-electron chi connectivity index (χ1n) is 7.91. The van der Waals surface area contributed by atoms with E-state index in [-0.39, 0.29) is 30.3 Å². The number of hydrogen-bond donors (Lipinski definition) is 1. The summed E-state index contributed by atoms with van der Waals surface area (Å²) in [4.78, 5) is 27.0. The van der Waals surface area contributed by atoms with E-state index in [0.717, 1.165) is 18.5 Å². The molecule has 2 amide bonds. The van der Waals surface area contributed by atoms with Crippen molar-refractivity contribution >= 4 is 17.5 Å². The van der Waals surface area contributed by atoms with E-state index in [9.17, 15) is 9.59 Å². The molecular weight excluding hydrogens is 278 g/mol. The summed E-state index contributed by atoms with van der Waals surface area (Å²) in [6.45, 7) is 0.933. The van der Waals surface area contributed by atoms with Gasteiger partial charge in [0.15, 0.2) is 0 Å². The number of likely N-dealkylation sites (N-methyl/N-ethyl adjacent to an activating group) is 1. The summed E-state index contributed by atoms with van der Waals surface area (Å²) in [6, 6.07) is 8.04. The van der Waals surface area contributed by atoms with Crippen molar-refractivity contribution in [2.45, 2.75) is 31.1 Å². The van der Waals surface area contributed by atoms with Crippen LogP contribution in [0.25, 0.3) is 0 Å². The minimum Gasteiger partial charge on any atom is -0.335 e. The molecule has 2 N–H and O–H groups in total. The maximum absolute atomic E-state index is 12.1. The Hall–Kier alpha value is -1.88. The first kappa shape index (κ1) is 15.0. The van der Waals surface area contributed by atoms with E-state index in [1.54, 1.807) is 11.9 Å². The maximum atomic E-state index is 12.1. The van der Waals surface area contributed by atoms with Gasteiger partial charge in [-0.25, -0.2) is 0 Å². The summed E-state index contributed by atoms with van der Waals surface area (Å²) < 4.78 is 0. The van der Waals surface area contributed by atoms with Gasteiger partial charge in [-0.15, -0.1) is 0 Å². The highest BCUT2D eigenvalue weighted by Crippen LogP contribution is 2.40. The minimum atomic E-state index is -0.0377. The highest BCUT2D eigenvalue weighted by Gasteiger charge is 2.34. The molecule has 2 fully saturated rings. The average Bonchev–Trinajstić information content (AvgIpc) is 3.01. The first-order chi connectivity index (χ1) is 10.6. The largest absolute Gasteiger partial charge is 0.335 e. The number of piperazine rings is 1. The molecule has 1 saturated carbocycles. The maximum Gasteiger partial charge on any atom is 0.247 e. The highest BCUT2D eigenvalue weighted by atomic mass is 16.2. The zero-order valence-corrected chi connectivity index (χ0v) is 13.0. The lowest BCUT2D eigenvalue weighted by molar-refractivity contribution is -0.136. The summed E-state index contributed by atoms with van der Waals surface area (Å²) in [5.41, 5.74) is 8.17. The number of nitrogens with zero attached hydrogens (tertiary/aromatic N) is 2. The fourth-order valence-corrected chi connectivity index (χ4v) is 3.61. The lowest BCUT2D eigenvalue weighted by atomic mass is 9.79. The lowest BCUT2D eigenvalue weighted by Crippen LogP contribution is -2.52. The molecule has 1 aromatic carbocycles. The van der Waals surface area contributed by atoms with Gasteiger partial charge in [0.2, 0.25) is 11.8 Å². The van der Waals surface area contributed by atoms with Gasteiger partial charge in [-0.05, 0) is 30.5 Å². The van der Waals surface area contributed by atoms with Gasteiger partial charge in [0.05, 0.1) is 6.54 Å². The average molecular weight is 301 g/mol. The third-order valence-electron chi connectivity index (χ3n) is 5.14. The van der Waals surface area contributed by atoms with E-state index in [4.69, 9.17) is 5.73 Å². The van der Waals surface area contributed by atoms with Crippen molar-refractivity contribution in [3.05, 3.63) is 29.8 Å². The highest BCUT2D eigenvalue weighted by molar-refractivity contribution is 6.04. The molecular formula is C17H23N3O2. The predicted octanol–water partition coefficient (Wildman–Crippen LogP) is 1.26. The molecule has 118 valence electrons. The van der Waals surface area contributed by atoms with Crippen molar-refractivity contribution < 1.29 is 9.59 Å². The molecule has 0 aromatic heterocycles. The summed E-state index contributed by atoms with van der Waals surface area (Å²) in [5, 5.41) is 0. The van der Waals surface area contributed by atoms with Gasteiger partial charge in [-0.2, -0.15) is 0 Å². The molecule has 0 atom stereocenters. The van der Waals surface area contributed by atoms with E-state index in [2.05, 4.69) is 12.1 Å². The number of rotatable bonds is 3. The van der Waals surface area contributed by atoms with Crippen LogP contribution in [0.5, 0.6) is 0 Å². The SMILES string of the molecule is CN1CC(=O)N(c2ccc(C3(CN)CCCC3)cc2)CC1=O.